The van der Waals surface area contributed by atoms with Gasteiger partial charge < -0.3 is 14.6 Å². The Morgan fingerprint density at radius 2 is 1.82 bits per heavy atom. The van der Waals surface area contributed by atoms with Crippen LogP contribution in [0.5, 0.6) is 5.75 Å². The monoisotopic (exact) mass is 228 g/mol. The molecule has 0 aliphatic rings. The molecule has 1 aromatic heterocycles. The number of furan rings is 1. The maximum atomic E-state index is 10.8. The molecule has 2 aromatic carbocycles. The van der Waals surface area contributed by atoms with Gasteiger partial charge in [0, 0.05) is 5.39 Å². The van der Waals surface area contributed by atoms with Crippen molar-refractivity contribution in [3.63, 3.8) is 0 Å². The fourth-order valence-corrected chi connectivity index (χ4v) is 1.93. The minimum Gasteiger partial charge on any atom is -0.508 e. The van der Waals surface area contributed by atoms with Gasteiger partial charge in [0.15, 0.2) is 0 Å². The average molecular weight is 228 g/mol. The summed E-state index contributed by atoms with van der Waals surface area (Å²) >= 11 is 0. The van der Waals surface area contributed by atoms with Gasteiger partial charge in [-0.1, -0.05) is 12.1 Å². The van der Waals surface area contributed by atoms with E-state index in [4.69, 9.17) is 9.52 Å². The van der Waals surface area contributed by atoms with Gasteiger partial charge in [-0.25, -0.2) is 4.79 Å². The van der Waals surface area contributed by atoms with Gasteiger partial charge in [0.05, 0.1) is 0 Å². The number of phenols is 1. The number of benzene rings is 2. The normalized spacial score (nSPS) is 11.1. The third-order valence-corrected chi connectivity index (χ3v) is 2.71. The average Bonchev–Trinajstić information content (AvgIpc) is 2.73. The van der Waals surface area contributed by atoms with E-state index in [-0.39, 0.29) is 11.5 Å². The van der Waals surface area contributed by atoms with Crippen LogP contribution >= 0.6 is 0 Å². The molecule has 0 aliphatic carbocycles. The van der Waals surface area contributed by atoms with Gasteiger partial charge >= 0.3 is 5.97 Å². The van der Waals surface area contributed by atoms with Crippen LogP contribution in [0.25, 0.3) is 21.7 Å². The van der Waals surface area contributed by atoms with E-state index in [2.05, 4.69) is 0 Å². The second-order valence-corrected chi connectivity index (χ2v) is 3.80. The van der Waals surface area contributed by atoms with Crippen LogP contribution < -0.4 is 0 Å². The molecule has 3 rings (SSSR count). The number of carboxylic acids is 1. The van der Waals surface area contributed by atoms with Crippen LogP contribution in [-0.2, 0) is 0 Å². The summed E-state index contributed by atoms with van der Waals surface area (Å²) < 4.78 is 5.20. The largest absolute Gasteiger partial charge is 0.508 e. The molecule has 0 aliphatic heterocycles. The highest BCUT2D eigenvalue weighted by atomic mass is 16.4. The molecule has 0 spiro atoms. The number of aromatic hydroxyl groups is 1. The van der Waals surface area contributed by atoms with Gasteiger partial charge in [-0.15, -0.1) is 0 Å². The highest BCUT2D eigenvalue weighted by Gasteiger charge is 2.12. The first-order valence-electron chi connectivity index (χ1n) is 5.04. The Labute approximate surface area is 95.7 Å². The van der Waals surface area contributed by atoms with Crippen molar-refractivity contribution in [2.45, 2.75) is 0 Å². The standard InChI is InChI=1S/C13H8O4/c14-8-3-1-7-2-4-11-10(9(7)5-8)6-12(17-11)13(15)16/h1-6,14H,(H,15,16). The summed E-state index contributed by atoms with van der Waals surface area (Å²) in [6.45, 7) is 0. The van der Waals surface area contributed by atoms with E-state index in [1.807, 2.05) is 6.07 Å². The molecule has 0 unspecified atom stereocenters. The van der Waals surface area contributed by atoms with Gasteiger partial charge in [0.25, 0.3) is 0 Å². The van der Waals surface area contributed by atoms with Crippen LogP contribution in [0.2, 0.25) is 0 Å². The summed E-state index contributed by atoms with van der Waals surface area (Å²) in [5, 5.41) is 20.7. The Bertz CT molecular complexity index is 740. The smallest absolute Gasteiger partial charge is 0.371 e. The number of aromatic carboxylic acids is 1. The van der Waals surface area contributed by atoms with Gasteiger partial charge in [0.1, 0.15) is 11.3 Å². The van der Waals surface area contributed by atoms with Gasteiger partial charge in [-0.2, -0.15) is 0 Å². The number of carbonyl (C=O) groups is 1. The Hall–Kier alpha value is -2.49. The van der Waals surface area contributed by atoms with E-state index in [0.29, 0.717) is 11.0 Å². The maximum absolute atomic E-state index is 10.8. The molecule has 0 bridgehead atoms. The minimum absolute atomic E-state index is 0.101. The molecule has 17 heavy (non-hydrogen) atoms. The van der Waals surface area contributed by atoms with E-state index < -0.39 is 5.97 Å². The molecule has 4 nitrogen and oxygen atoms in total. The van der Waals surface area contributed by atoms with Gasteiger partial charge in [-0.3, -0.25) is 0 Å². The Balaban J connectivity index is 2.45. The Kier molecular flexibility index (Phi) is 1.86. The number of hydrogen-bond acceptors (Lipinski definition) is 3. The van der Waals surface area contributed by atoms with Crippen LogP contribution in [0.4, 0.5) is 0 Å². The molecule has 0 saturated carbocycles. The van der Waals surface area contributed by atoms with Gasteiger partial charge in [-0.05, 0) is 35.0 Å². The quantitative estimate of drug-likeness (QED) is 0.671. The predicted molar refractivity (Wildman–Crippen MR) is 62.3 cm³/mol. The molecule has 0 saturated heterocycles. The highest BCUT2D eigenvalue weighted by Crippen LogP contribution is 2.30. The molecular formula is C13H8O4. The molecular weight excluding hydrogens is 220 g/mol. The molecule has 84 valence electrons. The molecule has 0 fully saturated rings. The van der Waals surface area contributed by atoms with Crippen molar-refractivity contribution in [1.29, 1.82) is 0 Å². The fraction of sp³-hybridized carbons (Fsp3) is 0. The Morgan fingerprint density at radius 1 is 1.06 bits per heavy atom. The van der Waals surface area contributed by atoms with Crippen molar-refractivity contribution in [3.05, 3.63) is 42.2 Å². The number of carboxylic acid groups (broad SMARTS) is 1. The lowest BCUT2D eigenvalue weighted by Gasteiger charge is -1.99. The van der Waals surface area contributed by atoms with E-state index in [1.165, 1.54) is 6.07 Å². The first-order chi connectivity index (χ1) is 8.15. The lowest BCUT2D eigenvalue weighted by Crippen LogP contribution is -1.91. The van der Waals surface area contributed by atoms with Crippen molar-refractivity contribution in [1.82, 2.24) is 0 Å². The number of phenolic OH excluding ortho intramolecular Hbond substituents is 1. The van der Waals surface area contributed by atoms with E-state index in [1.54, 1.807) is 24.3 Å². The second-order valence-electron chi connectivity index (χ2n) is 3.80. The van der Waals surface area contributed by atoms with Crippen molar-refractivity contribution >= 4 is 27.7 Å². The summed E-state index contributed by atoms with van der Waals surface area (Å²) in [4.78, 5) is 10.8. The van der Waals surface area contributed by atoms with Crippen molar-refractivity contribution in [3.8, 4) is 5.75 Å². The summed E-state index contributed by atoms with van der Waals surface area (Å²) in [6, 6.07) is 9.98. The second kappa shape index (κ2) is 3.25. The zero-order valence-corrected chi connectivity index (χ0v) is 8.68. The molecule has 0 atom stereocenters. The topological polar surface area (TPSA) is 70.7 Å². The van der Waals surface area contributed by atoms with E-state index >= 15 is 0 Å². The molecule has 2 N–H and O–H groups in total. The minimum atomic E-state index is -1.10. The molecule has 0 amide bonds. The first-order valence-corrected chi connectivity index (χ1v) is 5.04. The molecule has 4 heteroatoms. The maximum Gasteiger partial charge on any atom is 0.371 e. The lowest BCUT2D eigenvalue weighted by atomic mass is 10.1. The van der Waals surface area contributed by atoms with E-state index in [9.17, 15) is 9.90 Å². The molecule has 3 aromatic rings. The summed E-state index contributed by atoms with van der Waals surface area (Å²) in [6.07, 6.45) is 0. The summed E-state index contributed by atoms with van der Waals surface area (Å²) in [5.41, 5.74) is 0.500. The highest BCUT2D eigenvalue weighted by molar-refractivity contribution is 6.08. The van der Waals surface area contributed by atoms with Crippen molar-refractivity contribution in [2.24, 2.45) is 0 Å². The van der Waals surface area contributed by atoms with Crippen LogP contribution in [0.1, 0.15) is 10.6 Å². The third-order valence-electron chi connectivity index (χ3n) is 2.71. The van der Waals surface area contributed by atoms with Crippen LogP contribution in [0.3, 0.4) is 0 Å². The van der Waals surface area contributed by atoms with E-state index in [0.717, 1.165) is 10.8 Å². The molecule has 1 heterocycles. The SMILES string of the molecule is O=C(O)c1cc2c(ccc3ccc(O)cc32)o1. The zero-order valence-electron chi connectivity index (χ0n) is 8.68. The molecule has 0 radical (unpaired) electrons. The predicted octanol–water partition coefficient (Wildman–Crippen LogP) is 2.99. The van der Waals surface area contributed by atoms with Crippen LogP contribution in [0, 0.1) is 0 Å². The van der Waals surface area contributed by atoms with Crippen LogP contribution in [-0.4, -0.2) is 16.2 Å². The number of rotatable bonds is 1. The third kappa shape index (κ3) is 1.42. The van der Waals surface area contributed by atoms with Gasteiger partial charge in [0.2, 0.25) is 5.76 Å². The lowest BCUT2D eigenvalue weighted by molar-refractivity contribution is 0.0665. The van der Waals surface area contributed by atoms with Crippen LogP contribution in [0.15, 0.2) is 40.8 Å². The summed E-state index contributed by atoms with van der Waals surface area (Å²) in [7, 11) is 0. The zero-order chi connectivity index (χ0) is 12.0. The number of fused-ring (bicyclic) bond motifs is 3. The number of hydrogen-bond donors (Lipinski definition) is 2. The Morgan fingerprint density at radius 3 is 2.59 bits per heavy atom. The summed E-state index contributed by atoms with van der Waals surface area (Å²) in [5.74, 6) is -1.06. The first kappa shape index (κ1) is 9.72. The fourth-order valence-electron chi connectivity index (χ4n) is 1.93. The van der Waals surface area contributed by atoms with Crippen molar-refractivity contribution < 1.29 is 19.4 Å². The van der Waals surface area contributed by atoms with Crippen molar-refractivity contribution in [2.75, 3.05) is 0 Å².